The Hall–Kier alpha value is -4.21. The molecule has 1 nitrogen and oxygen atoms in total. The SMILES string of the molecule is CCO/C(F)=C(\F)c1ccc(CCc2ccc(-c3ccc(-c4cc(F)c(C(F)(F)F)c(F)c4)c(F)c3)c(F)c2)cc1. The van der Waals surface area contributed by atoms with Gasteiger partial charge in [-0.3, -0.25) is 0 Å². The zero-order chi connectivity index (χ0) is 29.9. The lowest BCUT2D eigenvalue weighted by atomic mass is 9.96. The van der Waals surface area contributed by atoms with Gasteiger partial charge in [0.1, 0.15) is 28.8 Å². The van der Waals surface area contributed by atoms with E-state index in [1.807, 2.05) is 0 Å². The van der Waals surface area contributed by atoms with E-state index >= 15 is 0 Å². The van der Waals surface area contributed by atoms with Crippen molar-refractivity contribution in [3.05, 3.63) is 124 Å². The van der Waals surface area contributed by atoms with Crippen molar-refractivity contribution >= 4 is 5.83 Å². The van der Waals surface area contributed by atoms with Crippen LogP contribution in [-0.4, -0.2) is 6.61 Å². The second-order valence-corrected chi connectivity index (χ2v) is 9.04. The van der Waals surface area contributed by atoms with Gasteiger partial charge >= 0.3 is 12.2 Å². The Kier molecular flexibility index (Phi) is 8.80. The van der Waals surface area contributed by atoms with E-state index in [2.05, 4.69) is 4.74 Å². The number of aryl methyl sites for hydroxylation is 2. The molecule has 0 fully saturated rings. The molecule has 0 radical (unpaired) electrons. The highest BCUT2D eigenvalue weighted by Crippen LogP contribution is 2.37. The molecule has 0 saturated heterocycles. The van der Waals surface area contributed by atoms with Crippen molar-refractivity contribution in [1.29, 1.82) is 0 Å². The van der Waals surface area contributed by atoms with Crippen molar-refractivity contribution in [1.82, 2.24) is 0 Å². The van der Waals surface area contributed by atoms with E-state index in [0.717, 1.165) is 17.7 Å². The lowest BCUT2D eigenvalue weighted by Crippen LogP contribution is -2.11. The minimum Gasteiger partial charge on any atom is -0.469 e. The quantitative estimate of drug-likeness (QED) is 0.149. The Balaban J connectivity index is 1.49. The summed E-state index contributed by atoms with van der Waals surface area (Å²) in [6.45, 7) is 1.51. The fraction of sp³-hybridized carbons (Fsp3) is 0.161. The summed E-state index contributed by atoms with van der Waals surface area (Å²) in [6, 6.07) is 13.1. The molecule has 0 aliphatic rings. The van der Waals surface area contributed by atoms with Gasteiger partial charge in [0, 0.05) is 16.7 Å². The lowest BCUT2D eigenvalue weighted by Gasteiger charge is -2.13. The van der Waals surface area contributed by atoms with Crippen LogP contribution in [0.1, 0.15) is 29.2 Å². The summed E-state index contributed by atoms with van der Waals surface area (Å²) < 4.78 is 128. The average molecular weight is 580 g/mol. The maximum absolute atomic E-state index is 14.9. The molecule has 41 heavy (non-hydrogen) atoms. The van der Waals surface area contributed by atoms with Gasteiger partial charge in [-0.25, -0.2) is 17.6 Å². The molecular formula is C31H21F9O. The van der Waals surface area contributed by atoms with Crippen LogP contribution in [0.5, 0.6) is 0 Å². The van der Waals surface area contributed by atoms with E-state index < -0.39 is 52.4 Å². The van der Waals surface area contributed by atoms with Crippen LogP contribution >= 0.6 is 0 Å². The normalized spacial score (nSPS) is 12.3. The number of ether oxygens (including phenoxy) is 1. The van der Waals surface area contributed by atoms with Gasteiger partial charge in [0.15, 0.2) is 0 Å². The van der Waals surface area contributed by atoms with Crippen LogP contribution in [-0.2, 0) is 23.8 Å². The molecule has 0 amide bonds. The van der Waals surface area contributed by atoms with Gasteiger partial charge in [-0.1, -0.05) is 48.5 Å². The molecule has 0 saturated carbocycles. The first kappa shape index (κ1) is 29.8. The molecule has 0 aromatic heterocycles. The number of rotatable bonds is 8. The Labute approximate surface area is 229 Å². The second-order valence-electron chi connectivity index (χ2n) is 9.04. The molecule has 0 aliphatic heterocycles. The number of benzene rings is 4. The first-order valence-corrected chi connectivity index (χ1v) is 12.3. The van der Waals surface area contributed by atoms with Gasteiger partial charge in [0.2, 0.25) is 5.83 Å². The van der Waals surface area contributed by atoms with Gasteiger partial charge in [-0.15, -0.1) is 0 Å². The number of hydrogen-bond acceptors (Lipinski definition) is 1. The topological polar surface area (TPSA) is 9.23 Å². The van der Waals surface area contributed by atoms with Gasteiger partial charge < -0.3 is 4.74 Å². The number of hydrogen-bond donors (Lipinski definition) is 0. The average Bonchev–Trinajstić information content (AvgIpc) is 2.90. The van der Waals surface area contributed by atoms with Crippen molar-refractivity contribution in [3.63, 3.8) is 0 Å². The van der Waals surface area contributed by atoms with Crippen LogP contribution in [0.2, 0.25) is 0 Å². The van der Waals surface area contributed by atoms with E-state index in [9.17, 15) is 39.5 Å². The number of alkyl halides is 3. The summed E-state index contributed by atoms with van der Waals surface area (Å²) in [6.07, 6.45) is -4.40. The maximum Gasteiger partial charge on any atom is 0.422 e. The van der Waals surface area contributed by atoms with Crippen LogP contribution in [0.25, 0.3) is 28.1 Å². The molecule has 0 aliphatic carbocycles. The molecule has 0 bridgehead atoms. The largest absolute Gasteiger partial charge is 0.469 e. The van der Waals surface area contributed by atoms with Crippen molar-refractivity contribution in [3.8, 4) is 22.3 Å². The zero-order valence-electron chi connectivity index (χ0n) is 21.4. The standard InChI is InChI=1S/C31H21F9O/c1-2-41-30(37)29(36)19-8-5-17(6-9-19)3-4-18-7-11-22(24(32)13-18)20-10-12-23(25(33)14-20)21-15-26(34)28(27(35)16-21)31(38,39)40/h5-16H,2-4H2,1H3/b30-29-. The second kappa shape index (κ2) is 12.1. The molecule has 4 aromatic carbocycles. The fourth-order valence-electron chi connectivity index (χ4n) is 4.27. The van der Waals surface area contributed by atoms with Gasteiger partial charge in [-0.2, -0.15) is 22.0 Å². The zero-order valence-corrected chi connectivity index (χ0v) is 21.4. The monoisotopic (exact) mass is 580 g/mol. The van der Waals surface area contributed by atoms with Gasteiger partial charge in [0.05, 0.1) is 6.61 Å². The predicted molar refractivity (Wildman–Crippen MR) is 137 cm³/mol. The molecule has 0 N–H and O–H groups in total. The van der Waals surface area contributed by atoms with E-state index in [0.29, 0.717) is 30.5 Å². The minimum atomic E-state index is -5.26. The highest BCUT2D eigenvalue weighted by Gasteiger charge is 2.38. The van der Waals surface area contributed by atoms with E-state index in [1.165, 1.54) is 37.3 Å². The summed E-state index contributed by atoms with van der Waals surface area (Å²) in [4.78, 5) is 0. The molecule has 4 rings (SSSR count). The summed E-state index contributed by atoms with van der Waals surface area (Å²) >= 11 is 0. The molecule has 0 unspecified atom stereocenters. The molecular weight excluding hydrogens is 559 g/mol. The molecule has 214 valence electrons. The summed E-state index contributed by atoms with van der Waals surface area (Å²) in [5.74, 6) is -6.56. The summed E-state index contributed by atoms with van der Waals surface area (Å²) in [5.41, 5.74) is -1.33. The Morgan fingerprint density at radius 1 is 0.634 bits per heavy atom. The first-order valence-electron chi connectivity index (χ1n) is 12.3. The van der Waals surface area contributed by atoms with Crippen molar-refractivity contribution in [2.24, 2.45) is 0 Å². The van der Waals surface area contributed by atoms with Gasteiger partial charge in [0.25, 0.3) is 0 Å². The smallest absolute Gasteiger partial charge is 0.422 e. The highest BCUT2D eigenvalue weighted by molar-refractivity contribution is 5.72. The van der Waals surface area contributed by atoms with Crippen LogP contribution in [0.4, 0.5) is 39.5 Å². The van der Waals surface area contributed by atoms with Crippen LogP contribution < -0.4 is 0 Å². The molecule has 0 atom stereocenters. The van der Waals surface area contributed by atoms with Crippen LogP contribution in [0.3, 0.4) is 0 Å². The third-order valence-corrected chi connectivity index (χ3v) is 6.30. The Morgan fingerprint density at radius 3 is 1.71 bits per heavy atom. The Bertz CT molecular complexity index is 1570. The minimum absolute atomic E-state index is 0.0157. The maximum atomic E-state index is 14.9. The van der Waals surface area contributed by atoms with E-state index in [1.54, 1.807) is 18.2 Å². The van der Waals surface area contributed by atoms with E-state index in [-0.39, 0.29) is 28.9 Å². The van der Waals surface area contributed by atoms with Crippen LogP contribution in [0, 0.1) is 23.3 Å². The highest BCUT2D eigenvalue weighted by atomic mass is 19.4. The lowest BCUT2D eigenvalue weighted by molar-refractivity contribution is -0.142. The van der Waals surface area contributed by atoms with E-state index in [4.69, 9.17) is 0 Å². The molecule has 0 spiro atoms. The first-order chi connectivity index (χ1) is 19.4. The summed E-state index contributed by atoms with van der Waals surface area (Å²) in [5, 5.41) is 0. The van der Waals surface area contributed by atoms with Crippen LogP contribution in [0.15, 0.2) is 78.8 Å². The third kappa shape index (κ3) is 6.75. The van der Waals surface area contributed by atoms with Gasteiger partial charge in [-0.05, 0) is 66.3 Å². The Morgan fingerprint density at radius 2 is 1.15 bits per heavy atom. The predicted octanol–water partition coefficient (Wildman–Crippen LogP) is 9.98. The third-order valence-electron chi connectivity index (χ3n) is 6.30. The summed E-state index contributed by atoms with van der Waals surface area (Å²) in [7, 11) is 0. The molecule has 0 heterocycles. The molecule has 10 heteroatoms. The van der Waals surface area contributed by atoms with Crippen molar-refractivity contribution in [2.75, 3.05) is 6.61 Å². The molecule has 4 aromatic rings. The van der Waals surface area contributed by atoms with Crippen molar-refractivity contribution in [2.45, 2.75) is 25.9 Å². The number of halogens is 9. The fourth-order valence-corrected chi connectivity index (χ4v) is 4.27. The van der Waals surface area contributed by atoms with Crippen molar-refractivity contribution < 1.29 is 44.3 Å².